The molecule has 9 nitrogen and oxygen atoms in total. The van der Waals surface area contributed by atoms with Gasteiger partial charge in [-0.25, -0.2) is 13.1 Å². The number of nitro benzene ring substituents is 1. The van der Waals surface area contributed by atoms with E-state index in [-0.39, 0.29) is 40.5 Å². The Kier molecular flexibility index (Phi) is 7.83. The lowest BCUT2D eigenvalue weighted by Crippen LogP contribution is -2.43. The van der Waals surface area contributed by atoms with Crippen molar-refractivity contribution in [3.05, 3.63) is 63.2 Å². The highest BCUT2D eigenvalue weighted by Crippen LogP contribution is 2.27. The van der Waals surface area contributed by atoms with E-state index in [4.69, 9.17) is 11.6 Å². The number of anilines is 1. The summed E-state index contributed by atoms with van der Waals surface area (Å²) in [6.07, 6.45) is 1.70. The second-order valence-corrected chi connectivity index (χ2v) is 10.1. The molecule has 0 aromatic heterocycles. The van der Waals surface area contributed by atoms with Crippen LogP contribution in [0.5, 0.6) is 0 Å². The van der Waals surface area contributed by atoms with E-state index in [2.05, 4.69) is 10.0 Å². The molecular formula is C21H25ClN4O5S. The van der Waals surface area contributed by atoms with E-state index in [9.17, 15) is 23.3 Å². The largest absolute Gasteiger partial charge is 0.325 e. The summed E-state index contributed by atoms with van der Waals surface area (Å²) in [7, 11) is -3.59. The van der Waals surface area contributed by atoms with Crippen molar-refractivity contribution in [3.8, 4) is 0 Å². The number of amides is 1. The topological polar surface area (TPSA) is 122 Å². The first kappa shape index (κ1) is 24.1. The first-order chi connectivity index (χ1) is 15.1. The molecule has 11 heteroatoms. The van der Waals surface area contributed by atoms with E-state index in [0.717, 1.165) is 24.9 Å². The maximum absolute atomic E-state index is 12.5. The fourth-order valence-corrected chi connectivity index (χ4v) is 4.93. The molecule has 0 radical (unpaired) electrons. The molecule has 2 aromatic carbocycles. The normalized spacial score (nSPS) is 17.1. The summed E-state index contributed by atoms with van der Waals surface area (Å²) in [6.45, 7) is 3.58. The zero-order valence-electron chi connectivity index (χ0n) is 17.6. The monoisotopic (exact) mass is 480 g/mol. The SMILES string of the molecule is Cc1ccc(S(=O)(=O)NCC2CCCN(CC(=O)Nc3ccc(Cl)c([N+](=O)[O-])c3)C2)cc1. The molecular weight excluding hydrogens is 456 g/mol. The standard InChI is InChI=1S/C21H25ClN4O5S/c1-15-4-7-18(8-5-15)32(30,31)23-12-16-3-2-10-25(13-16)14-21(27)24-17-6-9-19(22)20(11-17)26(28)29/h4-9,11,16,23H,2-3,10,12-14H2,1H3,(H,24,27). The lowest BCUT2D eigenvalue weighted by atomic mass is 9.98. The molecule has 1 aliphatic rings. The highest BCUT2D eigenvalue weighted by molar-refractivity contribution is 7.89. The Labute approximate surface area is 192 Å². The maximum atomic E-state index is 12.5. The number of aryl methyl sites for hydroxylation is 1. The van der Waals surface area contributed by atoms with Crippen LogP contribution in [-0.4, -0.2) is 50.3 Å². The van der Waals surface area contributed by atoms with Crippen LogP contribution < -0.4 is 10.0 Å². The van der Waals surface area contributed by atoms with Crippen molar-refractivity contribution in [2.45, 2.75) is 24.7 Å². The summed E-state index contributed by atoms with van der Waals surface area (Å²) in [5, 5.41) is 13.7. The molecule has 0 saturated carbocycles. The van der Waals surface area contributed by atoms with Gasteiger partial charge in [-0.3, -0.25) is 19.8 Å². The van der Waals surface area contributed by atoms with Gasteiger partial charge in [0.1, 0.15) is 5.02 Å². The van der Waals surface area contributed by atoms with Gasteiger partial charge in [0.05, 0.1) is 16.4 Å². The molecule has 0 spiro atoms. The molecule has 3 rings (SSSR count). The molecule has 2 aromatic rings. The van der Waals surface area contributed by atoms with Crippen LogP contribution in [-0.2, 0) is 14.8 Å². The number of carbonyl (C=O) groups excluding carboxylic acids is 1. The molecule has 1 saturated heterocycles. The quantitative estimate of drug-likeness (QED) is 0.442. The Hall–Kier alpha value is -2.53. The van der Waals surface area contributed by atoms with E-state index >= 15 is 0 Å². The highest BCUT2D eigenvalue weighted by atomic mass is 35.5. The van der Waals surface area contributed by atoms with Crippen molar-refractivity contribution in [2.24, 2.45) is 5.92 Å². The number of piperidine rings is 1. The van der Waals surface area contributed by atoms with Gasteiger partial charge in [-0.2, -0.15) is 0 Å². The number of hydrogen-bond acceptors (Lipinski definition) is 6. The number of hydrogen-bond donors (Lipinski definition) is 2. The van der Waals surface area contributed by atoms with Gasteiger partial charge in [-0.15, -0.1) is 0 Å². The number of rotatable bonds is 8. The zero-order valence-corrected chi connectivity index (χ0v) is 19.2. The molecule has 1 unspecified atom stereocenters. The van der Waals surface area contributed by atoms with Gasteiger partial charge in [0.25, 0.3) is 5.69 Å². The Morgan fingerprint density at radius 3 is 2.66 bits per heavy atom. The molecule has 0 aliphatic carbocycles. The lowest BCUT2D eigenvalue weighted by Gasteiger charge is -2.32. The molecule has 2 N–H and O–H groups in total. The summed E-state index contributed by atoms with van der Waals surface area (Å²) in [5.41, 5.74) is 1.01. The van der Waals surface area contributed by atoms with Crippen molar-refractivity contribution in [2.75, 3.05) is 31.5 Å². The van der Waals surface area contributed by atoms with Gasteiger partial charge >= 0.3 is 0 Å². The Balaban J connectivity index is 1.52. The smallest absolute Gasteiger partial charge is 0.289 e. The maximum Gasteiger partial charge on any atom is 0.289 e. The molecule has 32 heavy (non-hydrogen) atoms. The van der Waals surface area contributed by atoms with Gasteiger partial charge in [-0.1, -0.05) is 29.3 Å². The van der Waals surface area contributed by atoms with Gasteiger partial charge in [-0.05, 0) is 56.5 Å². The fraction of sp³-hybridized carbons (Fsp3) is 0.381. The molecule has 1 aliphatic heterocycles. The van der Waals surface area contributed by atoms with Crippen LogP contribution in [0, 0.1) is 23.0 Å². The van der Waals surface area contributed by atoms with Gasteiger partial charge in [0, 0.05) is 24.8 Å². The molecule has 1 fully saturated rings. The summed E-state index contributed by atoms with van der Waals surface area (Å²) in [5.74, 6) is -0.226. The predicted octanol–water partition coefficient (Wildman–Crippen LogP) is 3.19. The minimum atomic E-state index is -3.59. The number of sulfonamides is 1. The van der Waals surface area contributed by atoms with Gasteiger partial charge < -0.3 is 5.32 Å². The Morgan fingerprint density at radius 1 is 1.25 bits per heavy atom. The number of nitrogens with one attached hydrogen (secondary N) is 2. The fourth-order valence-electron chi connectivity index (χ4n) is 3.62. The number of carbonyl (C=O) groups is 1. The number of nitro groups is 1. The lowest BCUT2D eigenvalue weighted by molar-refractivity contribution is -0.384. The number of benzene rings is 2. The van der Waals surface area contributed by atoms with Crippen molar-refractivity contribution in [1.29, 1.82) is 0 Å². The Morgan fingerprint density at radius 2 is 1.97 bits per heavy atom. The van der Waals surface area contributed by atoms with Gasteiger partial charge in [0.15, 0.2) is 0 Å². The summed E-state index contributed by atoms with van der Waals surface area (Å²) in [6, 6.07) is 10.8. The molecule has 1 heterocycles. The van der Waals surface area contributed by atoms with Crippen molar-refractivity contribution < 1.29 is 18.1 Å². The summed E-state index contributed by atoms with van der Waals surface area (Å²) >= 11 is 5.80. The van der Waals surface area contributed by atoms with Crippen molar-refractivity contribution in [3.63, 3.8) is 0 Å². The third-order valence-electron chi connectivity index (χ3n) is 5.29. The zero-order chi connectivity index (χ0) is 23.3. The average Bonchev–Trinajstić information content (AvgIpc) is 2.74. The van der Waals surface area contributed by atoms with Crippen LogP contribution in [0.15, 0.2) is 47.4 Å². The number of likely N-dealkylation sites (tertiary alicyclic amines) is 1. The molecule has 172 valence electrons. The van der Waals surface area contributed by atoms with E-state index in [0.29, 0.717) is 12.2 Å². The second kappa shape index (κ2) is 10.4. The van der Waals surface area contributed by atoms with Crippen LogP contribution in [0.2, 0.25) is 5.02 Å². The summed E-state index contributed by atoms with van der Waals surface area (Å²) < 4.78 is 27.7. The molecule has 1 amide bonds. The third-order valence-corrected chi connectivity index (χ3v) is 7.05. The first-order valence-electron chi connectivity index (χ1n) is 10.2. The van der Waals surface area contributed by atoms with Crippen molar-refractivity contribution in [1.82, 2.24) is 9.62 Å². The summed E-state index contributed by atoms with van der Waals surface area (Å²) in [4.78, 5) is 25.0. The number of halogens is 1. The van der Waals surface area contributed by atoms with E-state index < -0.39 is 14.9 Å². The van der Waals surface area contributed by atoms with Crippen LogP contribution in [0.3, 0.4) is 0 Å². The van der Waals surface area contributed by atoms with E-state index in [1.165, 1.54) is 18.2 Å². The van der Waals surface area contributed by atoms with E-state index in [1.54, 1.807) is 24.3 Å². The van der Waals surface area contributed by atoms with Gasteiger partial charge in [0.2, 0.25) is 15.9 Å². The average molecular weight is 481 g/mol. The Bertz CT molecular complexity index is 1090. The third kappa shape index (κ3) is 6.49. The number of nitrogens with zero attached hydrogens (tertiary/aromatic N) is 2. The van der Waals surface area contributed by atoms with Crippen molar-refractivity contribution >= 4 is 38.9 Å². The highest BCUT2D eigenvalue weighted by Gasteiger charge is 2.24. The second-order valence-electron chi connectivity index (χ2n) is 7.88. The minimum Gasteiger partial charge on any atom is -0.325 e. The van der Waals surface area contributed by atoms with Crippen LogP contribution in [0.25, 0.3) is 0 Å². The minimum absolute atomic E-state index is 0.0000362. The van der Waals surface area contributed by atoms with Crippen LogP contribution in [0.1, 0.15) is 18.4 Å². The van der Waals surface area contributed by atoms with Crippen LogP contribution >= 0.6 is 11.6 Å². The van der Waals surface area contributed by atoms with E-state index in [1.807, 2.05) is 11.8 Å². The predicted molar refractivity (Wildman–Crippen MR) is 122 cm³/mol. The first-order valence-corrected chi connectivity index (χ1v) is 12.0. The molecule has 0 bridgehead atoms. The van der Waals surface area contributed by atoms with Crippen LogP contribution in [0.4, 0.5) is 11.4 Å². The molecule has 1 atom stereocenters.